The van der Waals surface area contributed by atoms with Gasteiger partial charge in [0.2, 0.25) is 0 Å². The highest BCUT2D eigenvalue weighted by Crippen LogP contribution is 2.48. The maximum absolute atomic E-state index is 15.0. The summed E-state index contributed by atoms with van der Waals surface area (Å²) >= 11 is 0. The van der Waals surface area contributed by atoms with Crippen LogP contribution < -0.4 is 4.74 Å². The third-order valence-electron chi connectivity index (χ3n) is 7.87. The molecular formula is C28H33F5O. The average Bonchev–Trinajstić information content (AvgIpc) is 2.79. The highest BCUT2D eigenvalue weighted by atomic mass is 19.4. The highest BCUT2D eigenvalue weighted by molar-refractivity contribution is 5.65. The first-order valence-corrected chi connectivity index (χ1v) is 12.6. The predicted molar refractivity (Wildman–Crippen MR) is 124 cm³/mol. The first kappa shape index (κ1) is 25.0. The van der Waals surface area contributed by atoms with Crippen molar-refractivity contribution in [1.29, 1.82) is 0 Å². The van der Waals surface area contributed by atoms with Crippen molar-refractivity contribution in [3.8, 4) is 16.9 Å². The third-order valence-corrected chi connectivity index (χ3v) is 7.87. The first-order chi connectivity index (χ1) is 16.2. The van der Waals surface area contributed by atoms with Crippen molar-refractivity contribution in [2.75, 3.05) is 0 Å². The van der Waals surface area contributed by atoms with E-state index in [2.05, 4.69) is 11.7 Å². The minimum Gasteiger partial charge on any atom is -0.403 e. The summed E-state index contributed by atoms with van der Waals surface area (Å²) in [6.45, 7) is 2.25. The van der Waals surface area contributed by atoms with Gasteiger partial charge in [-0.3, -0.25) is 0 Å². The molecule has 2 aliphatic rings. The fourth-order valence-electron chi connectivity index (χ4n) is 6.13. The molecule has 2 aliphatic carbocycles. The number of ether oxygens (including phenoxy) is 1. The molecule has 0 aromatic heterocycles. The number of fused-ring (bicyclic) bond motifs is 1. The Hall–Kier alpha value is -2.11. The van der Waals surface area contributed by atoms with Gasteiger partial charge < -0.3 is 4.74 Å². The van der Waals surface area contributed by atoms with E-state index in [1.54, 1.807) is 6.07 Å². The van der Waals surface area contributed by atoms with Crippen LogP contribution in [0.4, 0.5) is 22.0 Å². The van der Waals surface area contributed by atoms with E-state index in [0.29, 0.717) is 11.8 Å². The molecular weight excluding hydrogens is 447 g/mol. The van der Waals surface area contributed by atoms with Crippen molar-refractivity contribution >= 4 is 0 Å². The monoisotopic (exact) mass is 480 g/mol. The van der Waals surface area contributed by atoms with Crippen LogP contribution in [0.15, 0.2) is 36.4 Å². The van der Waals surface area contributed by atoms with Crippen LogP contribution in [0, 0.1) is 29.4 Å². The average molecular weight is 481 g/mol. The molecule has 0 aliphatic heterocycles. The number of unbranched alkanes of at least 4 members (excludes halogenated alkanes) is 2. The maximum atomic E-state index is 15.0. The molecule has 34 heavy (non-hydrogen) atoms. The maximum Gasteiger partial charge on any atom is 0.573 e. The van der Waals surface area contributed by atoms with Crippen LogP contribution in [0.5, 0.6) is 5.75 Å². The number of benzene rings is 2. The van der Waals surface area contributed by atoms with E-state index in [9.17, 15) is 22.0 Å². The van der Waals surface area contributed by atoms with E-state index in [0.717, 1.165) is 42.4 Å². The molecule has 0 heterocycles. The molecule has 6 heteroatoms. The topological polar surface area (TPSA) is 9.23 Å². The molecule has 1 unspecified atom stereocenters. The van der Waals surface area contributed by atoms with E-state index in [1.165, 1.54) is 63.5 Å². The molecule has 2 aromatic carbocycles. The van der Waals surface area contributed by atoms with Gasteiger partial charge >= 0.3 is 6.36 Å². The summed E-state index contributed by atoms with van der Waals surface area (Å²) in [5, 5.41) is 0. The lowest BCUT2D eigenvalue weighted by Crippen LogP contribution is -2.30. The summed E-state index contributed by atoms with van der Waals surface area (Å²) in [5.74, 6) is 0.102. The van der Waals surface area contributed by atoms with Crippen LogP contribution in [0.3, 0.4) is 0 Å². The Balaban J connectivity index is 1.40. The zero-order chi connectivity index (χ0) is 24.3. The Kier molecular flexibility index (Phi) is 7.83. The Morgan fingerprint density at radius 3 is 2.32 bits per heavy atom. The second-order valence-electron chi connectivity index (χ2n) is 10.1. The lowest BCUT2D eigenvalue weighted by atomic mass is 9.63. The van der Waals surface area contributed by atoms with Gasteiger partial charge in [-0.15, -0.1) is 13.2 Å². The van der Waals surface area contributed by atoms with Gasteiger partial charge in [-0.1, -0.05) is 57.2 Å². The predicted octanol–water partition coefficient (Wildman–Crippen LogP) is 9.41. The van der Waals surface area contributed by atoms with Crippen molar-refractivity contribution in [3.05, 3.63) is 53.6 Å². The summed E-state index contributed by atoms with van der Waals surface area (Å²) in [6, 6.07) is 8.02. The lowest BCUT2D eigenvalue weighted by Gasteiger charge is -2.42. The SMILES string of the molecule is CCCCCC1CC[C@@H]2C[C@H](c3ccc(-c4ccc(OC(F)(F)F)c(F)c4)c(F)c3)CC[C@@H]2C1. The van der Waals surface area contributed by atoms with Crippen molar-refractivity contribution in [1.82, 2.24) is 0 Å². The van der Waals surface area contributed by atoms with E-state index >= 15 is 0 Å². The van der Waals surface area contributed by atoms with Crippen molar-refractivity contribution in [2.24, 2.45) is 17.8 Å². The fraction of sp³-hybridized carbons (Fsp3) is 0.571. The first-order valence-electron chi connectivity index (χ1n) is 12.6. The van der Waals surface area contributed by atoms with Crippen LogP contribution in [0.25, 0.3) is 11.1 Å². The number of halogens is 5. The zero-order valence-electron chi connectivity index (χ0n) is 19.6. The van der Waals surface area contributed by atoms with E-state index < -0.39 is 23.7 Å². The van der Waals surface area contributed by atoms with Gasteiger partial charge in [-0.2, -0.15) is 0 Å². The van der Waals surface area contributed by atoms with Gasteiger partial charge in [0.05, 0.1) is 0 Å². The summed E-state index contributed by atoms with van der Waals surface area (Å²) in [6.07, 6.45) is 7.56. The molecule has 2 aromatic rings. The molecule has 1 nitrogen and oxygen atoms in total. The number of rotatable bonds is 7. The molecule has 0 N–H and O–H groups in total. The molecule has 0 bridgehead atoms. The molecule has 0 amide bonds. The van der Waals surface area contributed by atoms with Crippen molar-refractivity contribution in [3.63, 3.8) is 0 Å². The van der Waals surface area contributed by atoms with Gasteiger partial charge in [-0.25, -0.2) is 8.78 Å². The van der Waals surface area contributed by atoms with Crippen LogP contribution in [0.2, 0.25) is 0 Å². The van der Waals surface area contributed by atoms with Crippen molar-refractivity contribution in [2.45, 2.75) is 83.4 Å². The van der Waals surface area contributed by atoms with Crippen LogP contribution >= 0.6 is 0 Å². The summed E-state index contributed by atoms with van der Waals surface area (Å²) < 4.78 is 69.8. The minimum absolute atomic E-state index is 0.169. The normalized spacial score (nSPS) is 25.1. The number of hydrogen-bond acceptors (Lipinski definition) is 1. The van der Waals surface area contributed by atoms with Gasteiger partial charge in [-0.05, 0) is 85.1 Å². The van der Waals surface area contributed by atoms with Crippen LogP contribution in [-0.4, -0.2) is 6.36 Å². The zero-order valence-corrected chi connectivity index (χ0v) is 19.6. The van der Waals surface area contributed by atoms with E-state index in [-0.39, 0.29) is 11.1 Å². The number of hydrogen-bond donors (Lipinski definition) is 0. The molecule has 2 fully saturated rings. The van der Waals surface area contributed by atoms with Crippen LogP contribution in [0.1, 0.15) is 82.6 Å². The third kappa shape index (κ3) is 6.11. The van der Waals surface area contributed by atoms with Crippen LogP contribution in [-0.2, 0) is 0 Å². The second-order valence-corrected chi connectivity index (χ2v) is 10.1. The second kappa shape index (κ2) is 10.7. The Bertz CT molecular complexity index is 970. The summed E-state index contributed by atoms with van der Waals surface area (Å²) in [7, 11) is 0. The smallest absolute Gasteiger partial charge is 0.403 e. The van der Waals surface area contributed by atoms with Gasteiger partial charge in [0.25, 0.3) is 0 Å². The Labute approximate surface area is 198 Å². The quantitative estimate of drug-likeness (QED) is 0.283. The van der Waals surface area contributed by atoms with Gasteiger partial charge in [0.15, 0.2) is 11.6 Å². The van der Waals surface area contributed by atoms with E-state index in [4.69, 9.17) is 0 Å². The standard InChI is InChI=1S/C28H33F5O/c1-2-3-4-5-18-6-7-20-15-21(9-8-19(20)14-18)22-10-12-24(25(29)16-22)23-11-13-27(26(30)17-23)34-28(31,32)33/h10-13,16-21H,2-9,14-15H2,1H3/t18?,19-,20-,21-/m1/s1. The summed E-state index contributed by atoms with van der Waals surface area (Å²) in [5.41, 5.74) is 1.31. The molecule has 4 atom stereocenters. The van der Waals surface area contributed by atoms with Gasteiger partial charge in [0.1, 0.15) is 5.82 Å². The molecule has 186 valence electrons. The van der Waals surface area contributed by atoms with E-state index in [1.807, 2.05) is 6.07 Å². The Morgan fingerprint density at radius 2 is 1.62 bits per heavy atom. The van der Waals surface area contributed by atoms with Crippen molar-refractivity contribution < 1.29 is 26.7 Å². The fourth-order valence-corrected chi connectivity index (χ4v) is 6.13. The molecule has 4 rings (SSSR count). The lowest BCUT2D eigenvalue weighted by molar-refractivity contribution is -0.275. The number of alkyl halides is 3. The highest BCUT2D eigenvalue weighted by Gasteiger charge is 2.36. The largest absolute Gasteiger partial charge is 0.573 e. The molecule has 0 radical (unpaired) electrons. The molecule has 0 spiro atoms. The van der Waals surface area contributed by atoms with Gasteiger partial charge in [0, 0.05) is 5.56 Å². The Morgan fingerprint density at radius 1 is 0.853 bits per heavy atom. The minimum atomic E-state index is -4.98. The summed E-state index contributed by atoms with van der Waals surface area (Å²) in [4.78, 5) is 0. The molecule has 0 saturated heterocycles. The molecule has 2 saturated carbocycles.